The number of amides is 1. The molecule has 0 radical (unpaired) electrons. The number of likely N-dealkylation sites (tertiary alicyclic amines) is 1. The maximum atomic E-state index is 12.3. The molecule has 26 heavy (non-hydrogen) atoms. The van der Waals surface area contributed by atoms with Gasteiger partial charge in [0.1, 0.15) is 6.54 Å². The number of hydrogen-bond donors (Lipinski definition) is 1. The van der Waals surface area contributed by atoms with E-state index in [1.165, 1.54) is 12.8 Å². The Balaban J connectivity index is 1.51. The molecule has 0 spiro atoms. The third-order valence-electron chi connectivity index (χ3n) is 4.83. The van der Waals surface area contributed by atoms with Crippen molar-refractivity contribution in [2.24, 2.45) is 13.0 Å². The molecule has 3 heterocycles. The number of rotatable bonds is 7. The van der Waals surface area contributed by atoms with Gasteiger partial charge in [0.15, 0.2) is 11.0 Å². The normalized spacial score (nSPS) is 16.1. The zero-order valence-electron chi connectivity index (χ0n) is 15.6. The number of piperidine rings is 1. The van der Waals surface area contributed by atoms with E-state index in [0.29, 0.717) is 13.1 Å². The molecular formula is C16H26N8OS. The van der Waals surface area contributed by atoms with Crippen molar-refractivity contribution < 1.29 is 4.79 Å². The minimum atomic E-state index is -0.113. The highest BCUT2D eigenvalue weighted by Gasteiger charge is 2.19. The van der Waals surface area contributed by atoms with Crippen molar-refractivity contribution in [3.05, 3.63) is 17.7 Å². The molecule has 9 nitrogen and oxygen atoms in total. The zero-order valence-corrected chi connectivity index (χ0v) is 16.4. The molecule has 10 heteroatoms. The van der Waals surface area contributed by atoms with Crippen molar-refractivity contribution in [3.8, 4) is 0 Å². The van der Waals surface area contributed by atoms with Crippen LogP contribution in [-0.2, 0) is 31.5 Å². The average molecular weight is 379 g/mol. The fraction of sp³-hybridized carbons (Fsp3) is 0.688. The van der Waals surface area contributed by atoms with Crippen molar-refractivity contribution in [1.82, 2.24) is 40.0 Å². The molecule has 1 fully saturated rings. The first kappa shape index (κ1) is 18.8. The largest absolute Gasteiger partial charge is 0.349 e. The van der Waals surface area contributed by atoms with Crippen LogP contribution in [0.25, 0.3) is 0 Å². The van der Waals surface area contributed by atoms with E-state index < -0.39 is 0 Å². The van der Waals surface area contributed by atoms with E-state index in [4.69, 9.17) is 0 Å². The van der Waals surface area contributed by atoms with Gasteiger partial charge in [0.25, 0.3) is 0 Å². The molecule has 1 aliphatic rings. The van der Waals surface area contributed by atoms with Crippen LogP contribution in [0.5, 0.6) is 0 Å². The molecule has 0 saturated carbocycles. The van der Waals surface area contributed by atoms with E-state index in [9.17, 15) is 4.79 Å². The van der Waals surface area contributed by atoms with Gasteiger partial charge in [-0.2, -0.15) is 0 Å². The van der Waals surface area contributed by atoms with E-state index in [1.54, 1.807) is 22.6 Å². The highest BCUT2D eigenvalue weighted by Crippen LogP contribution is 2.17. The third kappa shape index (κ3) is 4.61. The van der Waals surface area contributed by atoms with E-state index in [1.807, 2.05) is 17.9 Å². The van der Waals surface area contributed by atoms with Gasteiger partial charge in [0.05, 0.1) is 25.0 Å². The Morgan fingerprint density at radius 3 is 2.85 bits per heavy atom. The maximum Gasteiger partial charge on any atom is 0.242 e. The molecular weight excluding hydrogens is 352 g/mol. The van der Waals surface area contributed by atoms with Gasteiger partial charge in [-0.05, 0) is 48.5 Å². The third-order valence-corrected chi connectivity index (χ3v) is 5.58. The zero-order chi connectivity index (χ0) is 18.5. The molecule has 1 aliphatic heterocycles. The van der Waals surface area contributed by atoms with Crippen LogP contribution in [0.15, 0.2) is 11.4 Å². The number of thioether (sulfide) groups is 1. The van der Waals surface area contributed by atoms with E-state index >= 15 is 0 Å². The summed E-state index contributed by atoms with van der Waals surface area (Å²) >= 11 is 1.58. The average Bonchev–Trinajstić information content (AvgIpc) is 3.21. The molecule has 0 atom stereocenters. The second-order valence-corrected chi connectivity index (χ2v) is 7.56. The summed E-state index contributed by atoms with van der Waals surface area (Å²) in [7, 11) is 1.94. The van der Waals surface area contributed by atoms with E-state index in [2.05, 4.69) is 37.6 Å². The lowest BCUT2D eigenvalue weighted by Crippen LogP contribution is -2.34. The number of hydrogen-bond acceptors (Lipinski definition) is 7. The Bertz CT molecular complexity index is 734. The predicted octanol–water partition coefficient (Wildman–Crippen LogP) is 0.677. The molecule has 0 aliphatic carbocycles. The van der Waals surface area contributed by atoms with E-state index in [-0.39, 0.29) is 12.5 Å². The van der Waals surface area contributed by atoms with Gasteiger partial charge >= 0.3 is 0 Å². The summed E-state index contributed by atoms with van der Waals surface area (Å²) in [5, 5.41) is 15.6. The molecule has 2 aromatic heterocycles. The van der Waals surface area contributed by atoms with Crippen molar-refractivity contribution >= 4 is 17.7 Å². The minimum Gasteiger partial charge on any atom is -0.349 e. The molecule has 2 aromatic rings. The summed E-state index contributed by atoms with van der Waals surface area (Å²) in [5.41, 5.74) is 0.960. The number of carbonyl (C=O) groups is 1. The van der Waals surface area contributed by atoms with Crippen LogP contribution in [0.2, 0.25) is 0 Å². The van der Waals surface area contributed by atoms with Gasteiger partial charge in [-0.25, -0.2) is 9.67 Å². The van der Waals surface area contributed by atoms with Crippen LogP contribution < -0.4 is 5.32 Å². The molecule has 0 unspecified atom stereocenters. The van der Waals surface area contributed by atoms with Gasteiger partial charge in [0.2, 0.25) is 5.91 Å². The van der Waals surface area contributed by atoms with Gasteiger partial charge in [-0.3, -0.25) is 9.69 Å². The van der Waals surface area contributed by atoms with Crippen molar-refractivity contribution in [2.75, 3.05) is 19.3 Å². The topological polar surface area (TPSA) is 93.8 Å². The first-order valence-electron chi connectivity index (χ1n) is 8.85. The molecule has 1 N–H and O–H groups in total. The first-order valence-corrected chi connectivity index (χ1v) is 10.1. The van der Waals surface area contributed by atoms with Crippen LogP contribution >= 0.6 is 11.8 Å². The summed E-state index contributed by atoms with van der Waals surface area (Å²) in [6.07, 6.45) is 6.16. The summed E-state index contributed by atoms with van der Waals surface area (Å²) in [6, 6.07) is 0. The van der Waals surface area contributed by atoms with Gasteiger partial charge in [-0.1, -0.05) is 18.7 Å². The molecule has 3 rings (SSSR count). The Morgan fingerprint density at radius 1 is 1.38 bits per heavy atom. The van der Waals surface area contributed by atoms with Crippen molar-refractivity contribution in [1.29, 1.82) is 0 Å². The summed E-state index contributed by atoms with van der Waals surface area (Å²) in [5.74, 6) is 1.41. The highest BCUT2D eigenvalue weighted by atomic mass is 32.2. The Labute approximate surface area is 157 Å². The predicted molar refractivity (Wildman–Crippen MR) is 98.3 cm³/mol. The maximum absolute atomic E-state index is 12.3. The van der Waals surface area contributed by atoms with Crippen LogP contribution in [0.1, 0.15) is 31.3 Å². The van der Waals surface area contributed by atoms with Crippen LogP contribution in [-0.4, -0.2) is 59.9 Å². The monoisotopic (exact) mass is 378 g/mol. The quantitative estimate of drug-likeness (QED) is 0.708. The fourth-order valence-electron chi connectivity index (χ4n) is 3.04. The fourth-order valence-corrected chi connectivity index (χ4v) is 3.59. The number of imidazole rings is 1. The molecule has 142 valence electrons. The molecule has 0 aromatic carbocycles. The number of carbonyl (C=O) groups excluding carboxylic acids is 1. The SMILES string of the molecule is CSc1ncc(CNC(=O)Cn2nnnc2CN2CCC(C)CC2)n1C. The van der Waals surface area contributed by atoms with Crippen molar-refractivity contribution in [3.63, 3.8) is 0 Å². The van der Waals surface area contributed by atoms with Gasteiger partial charge in [-0.15, -0.1) is 5.10 Å². The summed E-state index contributed by atoms with van der Waals surface area (Å²) in [6.45, 7) is 5.64. The standard InChI is InChI=1S/C16H26N8OS/c1-12-4-6-23(7-5-12)10-14-19-20-21-24(14)11-15(25)17-8-13-9-18-16(26-3)22(13)2/h9,12H,4-8,10-11H2,1-3H3,(H,17,25). The Hall–Kier alpha value is -1.94. The van der Waals surface area contributed by atoms with Crippen molar-refractivity contribution in [2.45, 2.75) is 44.6 Å². The van der Waals surface area contributed by atoms with E-state index in [0.717, 1.165) is 35.7 Å². The summed E-state index contributed by atoms with van der Waals surface area (Å²) < 4.78 is 3.56. The lowest BCUT2D eigenvalue weighted by molar-refractivity contribution is -0.122. The van der Waals surface area contributed by atoms with Crippen LogP contribution in [0.3, 0.4) is 0 Å². The molecule has 1 amide bonds. The van der Waals surface area contributed by atoms with Gasteiger partial charge < -0.3 is 9.88 Å². The second kappa shape index (κ2) is 8.63. The minimum absolute atomic E-state index is 0.113. The lowest BCUT2D eigenvalue weighted by Gasteiger charge is -2.29. The number of nitrogens with one attached hydrogen (secondary N) is 1. The lowest BCUT2D eigenvalue weighted by atomic mass is 9.99. The van der Waals surface area contributed by atoms with Gasteiger partial charge in [0, 0.05) is 7.05 Å². The molecule has 0 bridgehead atoms. The smallest absolute Gasteiger partial charge is 0.242 e. The Kier molecular flexibility index (Phi) is 6.25. The van der Waals surface area contributed by atoms with Crippen LogP contribution in [0, 0.1) is 5.92 Å². The first-order chi connectivity index (χ1) is 12.6. The number of nitrogens with zero attached hydrogens (tertiary/aromatic N) is 7. The number of tetrazole rings is 1. The summed E-state index contributed by atoms with van der Waals surface area (Å²) in [4.78, 5) is 18.9. The highest BCUT2D eigenvalue weighted by molar-refractivity contribution is 7.98. The molecule has 1 saturated heterocycles. The Morgan fingerprint density at radius 2 is 2.15 bits per heavy atom. The number of aromatic nitrogens is 6. The van der Waals surface area contributed by atoms with Crippen LogP contribution in [0.4, 0.5) is 0 Å². The second-order valence-electron chi connectivity index (χ2n) is 6.78.